The van der Waals surface area contributed by atoms with Gasteiger partial charge in [-0.2, -0.15) is 18.3 Å². The zero-order chi connectivity index (χ0) is 14.9. The van der Waals surface area contributed by atoms with Crippen molar-refractivity contribution in [3.8, 4) is 11.4 Å². The number of nitrogens with one attached hydrogen (secondary N) is 1. The van der Waals surface area contributed by atoms with Crippen molar-refractivity contribution in [1.29, 1.82) is 0 Å². The van der Waals surface area contributed by atoms with Crippen molar-refractivity contribution >= 4 is 0 Å². The molecule has 0 aliphatic heterocycles. The minimum absolute atomic E-state index is 0.154. The molecule has 0 saturated heterocycles. The molecule has 0 fully saturated rings. The molecule has 0 unspecified atom stereocenters. The Balaban J connectivity index is 1.80. The van der Waals surface area contributed by atoms with Gasteiger partial charge in [0.1, 0.15) is 5.82 Å². The molecule has 2 aromatic heterocycles. The molecule has 0 aliphatic carbocycles. The maximum Gasteiger partial charge on any atom is 0.434 e. The Labute approximate surface area is 118 Å². The van der Waals surface area contributed by atoms with Crippen LogP contribution in [0.3, 0.4) is 0 Å². The van der Waals surface area contributed by atoms with Crippen LogP contribution in [0.15, 0.2) is 48.9 Å². The summed E-state index contributed by atoms with van der Waals surface area (Å²) >= 11 is 0. The van der Waals surface area contributed by atoms with Crippen LogP contribution in [0.25, 0.3) is 11.4 Å². The fraction of sp³-hybridized carbons (Fsp3) is 0.143. The van der Waals surface area contributed by atoms with Gasteiger partial charge in [0.25, 0.3) is 0 Å². The Morgan fingerprint density at radius 2 is 1.90 bits per heavy atom. The van der Waals surface area contributed by atoms with Crippen molar-refractivity contribution in [3.05, 3.63) is 60.2 Å². The van der Waals surface area contributed by atoms with Crippen molar-refractivity contribution in [3.63, 3.8) is 0 Å². The third kappa shape index (κ3) is 2.96. The first-order valence-corrected chi connectivity index (χ1v) is 6.22. The summed E-state index contributed by atoms with van der Waals surface area (Å²) in [6.07, 6.45) is -0.452. The quantitative estimate of drug-likeness (QED) is 0.804. The third-order valence-electron chi connectivity index (χ3n) is 2.96. The molecule has 0 aliphatic rings. The van der Waals surface area contributed by atoms with Crippen molar-refractivity contribution in [2.24, 2.45) is 0 Å². The molecule has 1 N–H and O–H groups in total. The van der Waals surface area contributed by atoms with Crippen molar-refractivity contribution in [1.82, 2.24) is 19.7 Å². The van der Waals surface area contributed by atoms with Crippen molar-refractivity contribution in [2.75, 3.05) is 0 Å². The second kappa shape index (κ2) is 5.08. The van der Waals surface area contributed by atoms with Gasteiger partial charge in [-0.05, 0) is 5.56 Å². The van der Waals surface area contributed by atoms with Crippen LogP contribution >= 0.6 is 0 Å². The summed E-state index contributed by atoms with van der Waals surface area (Å²) in [5, 5.41) is 4.13. The molecule has 0 radical (unpaired) electrons. The zero-order valence-corrected chi connectivity index (χ0v) is 10.8. The largest absolute Gasteiger partial charge is 0.434 e. The summed E-state index contributed by atoms with van der Waals surface area (Å²) in [6, 6.07) is 9.66. The summed E-state index contributed by atoms with van der Waals surface area (Å²) in [6.45, 7) is 0.549. The van der Waals surface area contributed by atoms with Gasteiger partial charge in [0, 0.05) is 12.4 Å². The minimum Gasteiger partial charge on any atom is -0.344 e. The molecule has 0 saturated carbocycles. The van der Waals surface area contributed by atoms with Crippen LogP contribution in [-0.2, 0) is 12.7 Å². The fourth-order valence-electron chi connectivity index (χ4n) is 1.96. The lowest BCUT2D eigenvalue weighted by Crippen LogP contribution is -2.04. The van der Waals surface area contributed by atoms with Crippen LogP contribution in [0, 0.1) is 0 Å². The number of alkyl halides is 3. The number of halogens is 3. The number of hydrogen-bond acceptors (Lipinski definition) is 2. The van der Waals surface area contributed by atoms with E-state index in [1.807, 2.05) is 30.3 Å². The normalized spacial score (nSPS) is 11.8. The second-order valence-corrected chi connectivity index (χ2v) is 4.54. The number of nitrogens with zero attached hydrogens (tertiary/aromatic N) is 3. The van der Waals surface area contributed by atoms with Gasteiger partial charge in [0.15, 0.2) is 5.69 Å². The van der Waals surface area contributed by atoms with E-state index in [0.717, 1.165) is 11.8 Å². The number of rotatable bonds is 3. The Bertz CT molecular complexity index is 728. The molecule has 0 atom stereocenters. The van der Waals surface area contributed by atoms with Gasteiger partial charge in [0.2, 0.25) is 0 Å². The van der Waals surface area contributed by atoms with Gasteiger partial charge in [-0.25, -0.2) is 4.98 Å². The standard InChI is InChI=1S/C14H11F3N4/c15-14(16,17)12-7-18-13(20-12)11-6-19-21(9-11)8-10-4-2-1-3-5-10/h1-7,9H,8H2,(H,18,20). The molecule has 7 heteroatoms. The smallest absolute Gasteiger partial charge is 0.344 e. The third-order valence-corrected chi connectivity index (χ3v) is 2.96. The van der Waals surface area contributed by atoms with Crippen LogP contribution in [0.4, 0.5) is 13.2 Å². The summed E-state index contributed by atoms with van der Waals surface area (Å²) < 4.78 is 39.2. The summed E-state index contributed by atoms with van der Waals surface area (Å²) in [5.41, 5.74) is 0.636. The van der Waals surface area contributed by atoms with Gasteiger partial charge in [-0.1, -0.05) is 30.3 Å². The molecule has 4 nitrogen and oxygen atoms in total. The first-order chi connectivity index (χ1) is 10.0. The Kier molecular flexibility index (Phi) is 3.25. The van der Waals surface area contributed by atoms with E-state index in [9.17, 15) is 13.2 Å². The monoisotopic (exact) mass is 292 g/mol. The van der Waals surface area contributed by atoms with Crippen LogP contribution in [-0.4, -0.2) is 19.7 Å². The molecule has 0 amide bonds. The van der Waals surface area contributed by atoms with E-state index < -0.39 is 11.9 Å². The Hall–Kier alpha value is -2.57. The van der Waals surface area contributed by atoms with E-state index in [0.29, 0.717) is 12.1 Å². The highest BCUT2D eigenvalue weighted by atomic mass is 19.4. The van der Waals surface area contributed by atoms with Gasteiger partial charge in [-0.15, -0.1) is 0 Å². The molecule has 2 heterocycles. The minimum atomic E-state index is -4.45. The van der Waals surface area contributed by atoms with Crippen LogP contribution in [0.1, 0.15) is 11.3 Å². The van der Waals surface area contributed by atoms with Crippen molar-refractivity contribution < 1.29 is 13.2 Å². The molecule has 1 aromatic carbocycles. The topological polar surface area (TPSA) is 46.5 Å². The van der Waals surface area contributed by atoms with Crippen LogP contribution in [0.5, 0.6) is 0 Å². The molecule has 0 bridgehead atoms. The van der Waals surface area contributed by atoms with Crippen LogP contribution in [0.2, 0.25) is 0 Å². The summed E-state index contributed by atoms with van der Waals surface area (Å²) in [7, 11) is 0. The summed E-state index contributed by atoms with van der Waals surface area (Å²) in [4.78, 5) is 6.06. The molecular formula is C14H11F3N4. The summed E-state index contributed by atoms with van der Waals surface area (Å²) in [5.74, 6) is 0.154. The van der Waals surface area contributed by atoms with Gasteiger partial charge in [0.05, 0.1) is 18.3 Å². The maximum absolute atomic E-state index is 12.5. The van der Waals surface area contributed by atoms with E-state index in [1.54, 1.807) is 10.9 Å². The van der Waals surface area contributed by atoms with E-state index in [2.05, 4.69) is 15.1 Å². The number of hydrogen-bond donors (Lipinski definition) is 1. The second-order valence-electron chi connectivity index (χ2n) is 4.54. The predicted molar refractivity (Wildman–Crippen MR) is 70.4 cm³/mol. The van der Waals surface area contributed by atoms with E-state index >= 15 is 0 Å². The first kappa shape index (κ1) is 13.4. The van der Waals surface area contributed by atoms with E-state index in [-0.39, 0.29) is 5.82 Å². The van der Waals surface area contributed by atoms with E-state index in [4.69, 9.17) is 0 Å². The SMILES string of the molecule is FC(F)(F)c1c[nH]c(-c2cnn(Cc3ccccc3)c2)n1. The highest BCUT2D eigenvalue weighted by Crippen LogP contribution is 2.29. The lowest BCUT2D eigenvalue weighted by atomic mass is 10.2. The average molecular weight is 292 g/mol. The number of aromatic nitrogens is 4. The molecule has 3 aromatic rings. The lowest BCUT2D eigenvalue weighted by Gasteiger charge is -2.00. The highest BCUT2D eigenvalue weighted by Gasteiger charge is 2.33. The predicted octanol–water partition coefficient (Wildman–Crippen LogP) is 3.34. The zero-order valence-electron chi connectivity index (χ0n) is 10.8. The number of aromatic amines is 1. The molecular weight excluding hydrogens is 281 g/mol. The molecule has 3 rings (SSSR count). The van der Waals surface area contributed by atoms with Crippen LogP contribution < -0.4 is 0 Å². The van der Waals surface area contributed by atoms with Gasteiger partial charge in [-0.3, -0.25) is 4.68 Å². The molecule has 0 spiro atoms. The Morgan fingerprint density at radius 1 is 1.14 bits per heavy atom. The first-order valence-electron chi connectivity index (χ1n) is 6.22. The van der Waals surface area contributed by atoms with Gasteiger partial charge >= 0.3 is 6.18 Å². The van der Waals surface area contributed by atoms with Crippen molar-refractivity contribution in [2.45, 2.75) is 12.7 Å². The fourth-order valence-corrected chi connectivity index (χ4v) is 1.96. The Morgan fingerprint density at radius 3 is 2.57 bits per heavy atom. The average Bonchev–Trinajstić information content (AvgIpc) is 3.07. The van der Waals surface area contributed by atoms with Gasteiger partial charge < -0.3 is 4.98 Å². The number of H-pyrrole nitrogens is 1. The van der Waals surface area contributed by atoms with E-state index in [1.165, 1.54) is 6.20 Å². The highest BCUT2D eigenvalue weighted by molar-refractivity contribution is 5.52. The molecule has 108 valence electrons. The maximum atomic E-state index is 12.5. The number of benzene rings is 1. The molecule has 21 heavy (non-hydrogen) atoms. The number of imidazole rings is 1. The lowest BCUT2D eigenvalue weighted by molar-refractivity contribution is -0.140.